The van der Waals surface area contributed by atoms with Crippen molar-refractivity contribution in [3.8, 4) is 5.75 Å². The summed E-state index contributed by atoms with van der Waals surface area (Å²) in [7, 11) is 3.74. The summed E-state index contributed by atoms with van der Waals surface area (Å²) in [6.45, 7) is 3.28. The number of anilines is 1. The van der Waals surface area contributed by atoms with Crippen LogP contribution in [0.3, 0.4) is 0 Å². The van der Waals surface area contributed by atoms with Crippen LogP contribution in [0.15, 0.2) is 18.2 Å². The predicted octanol–water partition coefficient (Wildman–Crippen LogP) is 2.39. The topological polar surface area (TPSA) is 24.5 Å². The Morgan fingerprint density at radius 2 is 2.35 bits per heavy atom. The number of hydrogen-bond acceptors (Lipinski definition) is 3. The number of benzene rings is 1. The molecule has 1 unspecified atom stereocenters. The second-order valence-electron chi connectivity index (χ2n) is 4.56. The van der Waals surface area contributed by atoms with Crippen LogP contribution in [0.25, 0.3) is 0 Å². The van der Waals surface area contributed by atoms with Crippen LogP contribution in [0.4, 0.5) is 5.69 Å². The highest BCUT2D eigenvalue weighted by Gasteiger charge is 2.17. The van der Waals surface area contributed by atoms with E-state index >= 15 is 0 Å². The monoisotopic (exact) mass is 254 g/mol. The van der Waals surface area contributed by atoms with E-state index in [2.05, 4.69) is 17.3 Å². The van der Waals surface area contributed by atoms with E-state index in [1.807, 2.05) is 18.2 Å². The molecule has 0 radical (unpaired) electrons. The van der Waals surface area contributed by atoms with Crippen LogP contribution in [0.1, 0.15) is 6.42 Å². The third-order valence-corrected chi connectivity index (χ3v) is 3.56. The Morgan fingerprint density at radius 1 is 1.53 bits per heavy atom. The summed E-state index contributed by atoms with van der Waals surface area (Å²) in [5, 5.41) is 4.13. The van der Waals surface area contributed by atoms with Crippen molar-refractivity contribution < 1.29 is 4.74 Å². The van der Waals surface area contributed by atoms with Crippen LogP contribution in [0.5, 0.6) is 5.75 Å². The van der Waals surface area contributed by atoms with Crippen molar-refractivity contribution in [1.29, 1.82) is 0 Å². The first kappa shape index (κ1) is 12.5. The SMILES string of the molecule is COc1ccc(N(C)CC2CCNC2)c(Cl)c1. The van der Waals surface area contributed by atoms with Gasteiger partial charge in [0.2, 0.25) is 0 Å². The van der Waals surface area contributed by atoms with E-state index in [4.69, 9.17) is 16.3 Å². The largest absolute Gasteiger partial charge is 0.497 e. The van der Waals surface area contributed by atoms with Gasteiger partial charge in [-0.1, -0.05) is 11.6 Å². The number of rotatable bonds is 4. The van der Waals surface area contributed by atoms with Gasteiger partial charge in [-0.25, -0.2) is 0 Å². The number of hydrogen-bond donors (Lipinski definition) is 1. The third kappa shape index (κ3) is 3.05. The second kappa shape index (κ2) is 5.61. The Bertz CT molecular complexity index is 378. The molecule has 1 heterocycles. The van der Waals surface area contributed by atoms with E-state index in [9.17, 15) is 0 Å². The fraction of sp³-hybridized carbons (Fsp3) is 0.538. The standard InChI is InChI=1S/C13H19ClN2O/c1-16(9-10-5-6-15-8-10)13-4-3-11(17-2)7-12(13)14/h3-4,7,10,15H,5-6,8-9H2,1-2H3. The maximum absolute atomic E-state index is 6.25. The van der Waals surface area contributed by atoms with Crippen molar-refractivity contribution in [3.05, 3.63) is 23.2 Å². The van der Waals surface area contributed by atoms with E-state index in [0.29, 0.717) is 0 Å². The van der Waals surface area contributed by atoms with Gasteiger partial charge >= 0.3 is 0 Å². The summed E-state index contributed by atoms with van der Waals surface area (Å²) in [4.78, 5) is 2.22. The molecule has 17 heavy (non-hydrogen) atoms. The molecule has 1 saturated heterocycles. The van der Waals surface area contributed by atoms with Crippen molar-refractivity contribution in [2.45, 2.75) is 6.42 Å². The number of halogens is 1. The minimum absolute atomic E-state index is 0.721. The molecule has 1 aliphatic rings. The van der Waals surface area contributed by atoms with E-state index in [-0.39, 0.29) is 0 Å². The molecule has 0 spiro atoms. The van der Waals surface area contributed by atoms with Crippen LogP contribution in [0.2, 0.25) is 5.02 Å². The summed E-state index contributed by atoms with van der Waals surface area (Å²) >= 11 is 6.25. The number of methoxy groups -OCH3 is 1. The maximum atomic E-state index is 6.25. The lowest BCUT2D eigenvalue weighted by molar-refractivity contribution is 0.415. The molecule has 0 aromatic heterocycles. The molecule has 0 saturated carbocycles. The van der Waals surface area contributed by atoms with Gasteiger partial charge in [0.25, 0.3) is 0 Å². The zero-order valence-electron chi connectivity index (χ0n) is 10.4. The number of ether oxygens (including phenoxy) is 1. The Balaban J connectivity index is 2.04. The molecule has 0 aliphatic carbocycles. The van der Waals surface area contributed by atoms with Crippen LogP contribution >= 0.6 is 11.6 Å². The Morgan fingerprint density at radius 3 is 2.94 bits per heavy atom. The first-order valence-corrected chi connectivity index (χ1v) is 6.34. The minimum atomic E-state index is 0.721. The Hall–Kier alpha value is -0.930. The molecule has 1 atom stereocenters. The summed E-state index contributed by atoms with van der Waals surface area (Å²) in [5.74, 6) is 1.52. The molecule has 1 aliphatic heterocycles. The van der Waals surface area contributed by atoms with E-state index in [0.717, 1.165) is 42.0 Å². The van der Waals surface area contributed by atoms with Gasteiger partial charge < -0.3 is 15.0 Å². The minimum Gasteiger partial charge on any atom is -0.497 e. The zero-order chi connectivity index (χ0) is 12.3. The lowest BCUT2D eigenvalue weighted by Gasteiger charge is -2.24. The van der Waals surface area contributed by atoms with Gasteiger partial charge in [-0.15, -0.1) is 0 Å². The molecule has 1 N–H and O–H groups in total. The highest BCUT2D eigenvalue weighted by molar-refractivity contribution is 6.33. The van der Waals surface area contributed by atoms with Gasteiger partial charge in [0.05, 0.1) is 17.8 Å². The average Bonchev–Trinajstić information content (AvgIpc) is 2.81. The molecule has 3 nitrogen and oxygen atoms in total. The summed E-state index contributed by atoms with van der Waals surface area (Å²) < 4.78 is 5.15. The van der Waals surface area contributed by atoms with Crippen molar-refractivity contribution in [2.24, 2.45) is 5.92 Å². The molecule has 94 valence electrons. The highest BCUT2D eigenvalue weighted by atomic mass is 35.5. The molecule has 1 aromatic rings. The highest BCUT2D eigenvalue weighted by Crippen LogP contribution is 2.29. The molecular weight excluding hydrogens is 236 g/mol. The maximum Gasteiger partial charge on any atom is 0.120 e. The smallest absolute Gasteiger partial charge is 0.120 e. The molecule has 1 aromatic carbocycles. The zero-order valence-corrected chi connectivity index (χ0v) is 11.1. The van der Waals surface area contributed by atoms with Gasteiger partial charge in [-0.2, -0.15) is 0 Å². The second-order valence-corrected chi connectivity index (χ2v) is 4.96. The Kier molecular flexibility index (Phi) is 4.13. The van der Waals surface area contributed by atoms with Crippen molar-refractivity contribution in [1.82, 2.24) is 5.32 Å². The van der Waals surface area contributed by atoms with Gasteiger partial charge in [0.1, 0.15) is 5.75 Å². The molecule has 4 heteroatoms. The van der Waals surface area contributed by atoms with Gasteiger partial charge in [-0.3, -0.25) is 0 Å². The Labute approximate surface area is 108 Å². The summed E-state index contributed by atoms with van der Waals surface area (Å²) in [6.07, 6.45) is 1.25. The van der Waals surface area contributed by atoms with Crippen LogP contribution in [0, 0.1) is 5.92 Å². The van der Waals surface area contributed by atoms with Crippen LogP contribution < -0.4 is 15.0 Å². The van der Waals surface area contributed by atoms with Crippen LogP contribution in [-0.2, 0) is 0 Å². The van der Waals surface area contributed by atoms with Gasteiger partial charge in [0.15, 0.2) is 0 Å². The van der Waals surface area contributed by atoms with E-state index < -0.39 is 0 Å². The first-order chi connectivity index (χ1) is 8.20. The molecule has 2 rings (SSSR count). The van der Waals surface area contributed by atoms with Gasteiger partial charge in [0, 0.05) is 19.7 Å². The lowest BCUT2D eigenvalue weighted by Crippen LogP contribution is -2.26. The number of nitrogens with one attached hydrogen (secondary N) is 1. The first-order valence-electron chi connectivity index (χ1n) is 5.96. The van der Waals surface area contributed by atoms with E-state index in [1.165, 1.54) is 6.42 Å². The predicted molar refractivity (Wildman–Crippen MR) is 72.3 cm³/mol. The fourth-order valence-electron chi connectivity index (χ4n) is 2.28. The van der Waals surface area contributed by atoms with Crippen LogP contribution in [-0.4, -0.2) is 33.8 Å². The summed E-state index contributed by atoms with van der Waals surface area (Å²) in [6, 6.07) is 5.83. The van der Waals surface area contributed by atoms with Crippen molar-refractivity contribution in [2.75, 3.05) is 38.7 Å². The molecule has 0 amide bonds. The summed E-state index contributed by atoms with van der Waals surface area (Å²) in [5.41, 5.74) is 1.07. The van der Waals surface area contributed by atoms with E-state index in [1.54, 1.807) is 7.11 Å². The van der Waals surface area contributed by atoms with Crippen molar-refractivity contribution in [3.63, 3.8) is 0 Å². The normalized spacial score (nSPS) is 19.4. The third-order valence-electron chi connectivity index (χ3n) is 3.26. The fourth-order valence-corrected chi connectivity index (χ4v) is 2.59. The number of nitrogens with zero attached hydrogens (tertiary/aromatic N) is 1. The van der Waals surface area contributed by atoms with Gasteiger partial charge in [-0.05, 0) is 37.6 Å². The quantitative estimate of drug-likeness (QED) is 0.893. The lowest BCUT2D eigenvalue weighted by atomic mass is 10.1. The molecule has 0 bridgehead atoms. The average molecular weight is 255 g/mol. The molecule has 1 fully saturated rings. The van der Waals surface area contributed by atoms with Crippen molar-refractivity contribution >= 4 is 17.3 Å². The molecular formula is C13H19ClN2O.